The van der Waals surface area contributed by atoms with E-state index in [1.165, 1.54) is 10.5 Å². The number of thiol groups is 1. The van der Waals surface area contributed by atoms with E-state index in [4.69, 9.17) is 24.7 Å². The van der Waals surface area contributed by atoms with E-state index in [9.17, 15) is 4.79 Å². The summed E-state index contributed by atoms with van der Waals surface area (Å²) in [6.45, 7) is 0.429. The minimum Gasteiger partial charge on any atom is -0.497 e. The Morgan fingerprint density at radius 3 is 2.11 bits per heavy atom. The molecular weight excluding hydrogens is 380 g/mol. The highest BCUT2D eigenvalue weighted by atomic mass is 32.1. The van der Waals surface area contributed by atoms with Gasteiger partial charge in [0.05, 0.1) is 26.3 Å². The molecule has 0 aliphatic rings. The molecular formula is C20H24N2O5S. The minimum absolute atomic E-state index is 0.143. The molecule has 0 saturated heterocycles. The maximum atomic E-state index is 12.5. The molecule has 0 heterocycles. The molecule has 0 unspecified atom stereocenters. The molecule has 0 amide bonds. The van der Waals surface area contributed by atoms with Crippen molar-refractivity contribution in [3.63, 3.8) is 0 Å². The first-order valence-corrected chi connectivity index (χ1v) is 8.91. The van der Waals surface area contributed by atoms with Gasteiger partial charge in [0.1, 0.15) is 23.9 Å². The molecule has 1 atom stereocenters. The summed E-state index contributed by atoms with van der Waals surface area (Å²) in [7, 11) is 3.16. The number of hydrogen-bond acceptors (Lipinski definition) is 8. The summed E-state index contributed by atoms with van der Waals surface area (Å²) >= 11 is 4.28. The molecule has 0 spiro atoms. The molecule has 0 aliphatic carbocycles. The first-order chi connectivity index (χ1) is 13.5. The lowest BCUT2D eigenvalue weighted by molar-refractivity contribution is 0.0151. The van der Waals surface area contributed by atoms with E-state index < -0.39 is 12.1 Å². The van der Waals surface area contributed by atoms with E-state index >= 15 is 0 Å². The summed E-state index contributed by atoms with van der Waals surface area (Å²) in [5.74, 6) is 1.55. The fourth-order valence-electron chi connectivity index (χ4n) is 2.30. The molecule has 0 aromatic heterocycles. The van der Waals surface area contributed by atoms with Gasteiger partial charge in [0, 0.05) is 12.4 Å². The Labute approximate surface area is 170 Å². The molecule has 150 valence electrons. The molecule has 0 radical (unpaired) electrons. The van der Waals surface area contributed by atoms with Gasteiger partial charge in [0.15, 0.2) is 6.10 Å². The van der Waals surface area contributed by atoms with Gasteiger partial charge in [0.2, 0.25) is 0 Å². The van der Waals surface area contributed by atoms with Crippen LogP contribution in [0.5, 0.6) is 17.2 Å². The van der Waals surface area contributed by atoms with Crippen LogP contribution in [0.4, 0.5) is 0 Å². The van der Waals surface area contributed by atoms with Gasteiger partial charge in [-0.05, 0) is 48.5 Å². The van der Waals surface area contributed by atoms with E-state index in [1.807, 2.05) is 0 Å². The van der Waals surface area contributed by atoms with Crippen molar-refractivity contribution in [2.45, 2.75) is 6.10 Å². The zero-order chi connectivity index (χ0) is 20.4. The van der Waals surface area contributed by atoms with E-state index in [2.05, 4.69) is 12.8 Å². The lowest BCUT2D eigenvalue weighted by Crippen LogP contribution is -2.33. The molecule has 2 N–H and O–H groups in total. The molecule has 0 fully saturated rings. The molecule has 8 heteroatoms. The Morgan fingerprint density at radius 2 is 1.57 bits per heavy atom. The Morgan fingerprint density at radius 1 is 1.04 bits per heavy atom. The summed E-state index contributed by atoms with van der Waals surface area (Å²) in [6, 6.07) is 13.8. The van der Waals surface area contributed by atoms with E-state index in [1.54, 1.807) is 69.0 Å². The van der Waals surface area contributed by atoms with Crippen LogP contribution in [0.15, 0.2) is 60.9 Å². The Hall–Kier alpha value is -3.00. The fourth-order valence-corrected chi connectivity index (χ4v) is 2.56. The van der Waals surface area contributed by atoms with Gasteiger partial charge in [-0.15, -0.1) is 0 Å². The largest absolute Gasteiger partial charge is 0.497 e. The topological polar surface area (TPSA) is 83.3 Å². The predicted molar refractivity (Wildman–Crippen MR) is 110 cm³/mol. The summed E-state index contributed by atoms with van der Waals surface area (Å²) < 4.78 is 23.1. The van der Waals surface area contributed by atoms with Crippen LogP contribution in [-0.4, -0.2) is 43.7 Å². The number of nitrogens with two attached hydrogens (primary N) is 1. The molecule has 28 heavy (non-hydrogen) atoms. The average molecular weight is 404 g/mol. The van der Waals surface area contributed by atoms with Gasteiger partial charge in [-0.1, -0.05) is 12.8 Å². The monoisotopic (exact) mass is 404 g/mol. The Balaban J connectivity index is 2.03. The Bertz CT molecular complexity index is 765. The van der Waals surface area contributed by atoms with Gasteiger partial charge < -0.3 is 29.0 Å². The van der Waals surface area contributed by atoms with E-state index in [0.29, 0.717) is 17.1 Å². The van der Waals surface area contributed by atoms with Crippen LogP contribution in [0.25, 0.3) is 0 Å². The van der Waals surface area contributed by atoms with Gasteiger partial charge in [-0.2, -0.15) is 0 Å². The van der Waals surface area contributed by atoms with Crippen LogP contribution in [0.1, 0.15) is 10.4 Å². The highest BCUT2D eigenvalue weighted by Gasteiger charge is 2.19. The first-order valence-electron chi connectivity index (χ1n) is 8.51. The summed E-state index contributed by atoms with van der Waals surface area (Å²) in [4.78, 5) is 12.5. The third kappa shape index (κ3) is 6.62. The van der Waals surface area contributed by atoms with Crippen molar-refractivity contribution >= 4 is 18.8 Å². The standard InChI is InChI=1S/C20H24N2O5S/c1-24-16-5-3-15(4-6-16)20(23)27-19(13-22(28)12-11-21)14-26-18-9-7-17(25-2)8-10-18/h3-12,19,28H,13-14,21H2,1-2H3/b12-11-/t19-/m1/s1. The summed E-state index contributed by atoms with van der Waals surface area (Å²) in [5.41, 5.74) is 5.80. The fraction of sp³-hybridized carbons (Fsp3) is 0.250. The zero-order valence-corrected chi connectivity index (χ0v) is 16.7. The molecule has 2 aromatic carbocycles. The highest BCUT2D eigenvalue weighted by Crippen LogP contribution is 2.18. The lowest BCUT2D eigenvalue weighted by Gasteiger charge is -2.22. The lowest BCUT2D eigenvalue weighted by atomic mass is 10.2. The van der Waals surface area contributed by atoms with Crippen molar-refractivity contribution in [2.24, 2.45) is 5.73 Å². The number of methoxy groups -OCH3 is 2. The van der Waals surface area contributed by atoms with E-state index in [0.717, 1.165) is 5.75 Å². The molecule has 2 aromatic rings. The maximum absolute atomic E-state index is 12.5. The average Bonchev–Trinajstić information content (AvgIpc) is 2.72. The number of carbonyl (C=O) groups is 1. The number of esters is 1. The number of nitrogens with zero attached hydrogens (tertiary/aromatic N) is 1. The van der Waals surface area contributed by atoms with E-state index in [-0.39, 0.29) is 13.2 Å². The van der Waals surface area contributed by atoms with Crippen molar-refractivity contribution in [1.82, 2.24) is 4.31 Å². The summed E-state index contributed by atoms with van der Waals surface area (Å²) in [5, 5.41) is 0. The van der Waals surface area contributed by atoms with Crippen LogP contribution < -0.4 is 19.9 Å². The number of carbonyl (C=O) groups excluding carboxylic acids is 1. The van der Waals surface area contributed by atoms with Crippen molar-refractivity contribution in [3.05, 3.63) is 66.5 Å². The van der Waals surface area contributed by atoms with Crippen LogP contribution in [-0.2, 0) is 4.74 Å². The van der Waals surface area contributed by atoms with Gasteiger partial charge in [-0.25, -0.2) is 4.79 Å². The minimum atomic E-state index is -0.578. The van der Waals surface area contributed by atoms with Crippen molar-refractivity contribution in [3.8, 4) is 17.2 Å². The van der Waals surface area contributed by atoms with Gasteiger partial charge >= 0.3 is 5.97 Å². The normalized spacial score (nSPS) is 11.7. The number of hydrogen-bond donors (Lipinski definition) is 2. The van der Waals surface area contributed by atoms with Crippen LogP contribution in [0.3, 0.4) is 0 Å². The van der Waals surface area contributed by atoms with Crippen molar-refractivity contribution in [2.75, 3.05) is 27.4 Å². The number of ether oxygens (including phenoxy) is 4. The molecule has 0 saturated carbocycles. The third-order valence-corrected chi connectivity index (χ3v) is 4.04. The predicted octanol–water partition coefficient (Wildman–Crippen LogP) is 2.88. The molecule has 0 bridgehead atoms. The molecule has 2 rings (SSSR count). The third-order valence-electron chi connectivity index (χ3n) is 3.74. The van der Waals surface area contributed by atoms with Crippen LogP contribution in [0, 0.1) is 0 Å². The number of benzene rings is 2. The number of rotatable bonds is 10. The van der Waals surface area contributed by atoms with Crippen LogP contribution >= 0.6 is 12.8 Å². The summed E-state index contributed by atoms with van der Waals surface area (Å²) in [6.07, 6.45) is 2.33. The van der Waals surface area contributed by atoms with Crippen LogP contribution in [0.2, 0.25) is 0 Å². The molecule has 7 nitrogen and oxygen atoms in total. The van der Waals surface area contributed by atoms with Crippen molar-refractivity contribution < 1.29 is 23.7 Å². The quantitative estimate of drug-likeness (QED) is 0.465. The maximum Gasteiger partial charge on any atom is 0.338 e. The first kappa shape index (κ1) is 21.3. The van der Waals surface area contributed by atoms with Gasteiger partial charge in [-0.3, -0.25) is 0 Å². The second-order valence-corrected chi connectivity index (χ2v) is 6.22. The molecule has 0 aliphatic heterocycles. The second kappa shape index (κ2) is 11.0. The zero-order valence-electron chi connectivity index (χ0n) is 15.8. The highest BCUT2D eigenvalue weighted by molar-refractivity contribution is 7.77. The van der Waals surface area contributed by atoms with Crippen molar-refractivity contribution in [1.29, 1.82) is 0 Å². The SMILES string of the molecule is COc1ccc(OC[C@@H](CN(S)/C=C\N)OC(=O)c2ccc(OC)cc2)cc1. The second-order valence-electron chi connectivity index (χ2n) is 5.71. The smallest absolute Gasteiger partial charge is 0.338 e. The van der Waals surface area contributed by atoms with Gasteiger partial charge in [0.25, 0.3) is 0 Å². The Kier molecular flexibility index (Phi) is 8.36.